The van der Waals surface area contributed by atoms with Gasteiger partial charge in [-0.15, -0.1) is 0 Å². The van der Waals surface area contributed by atoms with Crippen LogP contribution in [0.1, 0.15) is 0 Å². The van der Waals surface area contributed by atoms with Gasteiger partial charge in [0, 0.05) is 13.3 Å². The lowest BCUT2D eigenvalue weighted by molar-refractivity contribution is 0.401. The zero-order chi connectivity index (χ0) is 5.28. The minimum absolute atomic E-state index is 0.0799. The maximum Gasteiger partial charge on any atom is 0.138 e. The zero-order valence-electron chi connectivity index (χ0n) is 4.16. The van der Waals surface area contributed by atoms with Gasteiger partial charge in [0.1, 0.15) is 12.3 Å². The molecule has 1 rings (SSSR count). The average molecular weight is 100 g/mol. The number of hydrogen-bond donors (Lipinski definition) is 1. The minimum atomic E-state index is -0.0799. The summed E-state index contributed by atoms with van der Waals surface area (Å²) in [7, 11) is 1.70. The second-order valence-electron chi connectivity index (χ2n) is 1.47. The Morgan fingerprint density at radius 3 is 2.57 bits per heavy atom. The van der Waals surface area contributed by atoms with Crippen LogP contribution in [0.2, 0.25) is 0 Å². The Bertz CT molecular complexity index is 91.7. The van der Waals surface area contributed by atoms with Gasteiger partial charge in [-0.05, 0) is 0 Å². The molecule has 1 heterocycles. The highest BCUT2D eigenvalue weighted by Crippen LogP contribution is 2.12. The van der Waals surface area contributed by atoms with Crippen molar-refractivity contribution in [3.05, 3.63) is 0 Å². The maximum atomic E-state index is 5.24. The molecule has 3 nitrogen and oxygen atoms in total. The van der Waals surface area contributed by atoms with Gasteiger partial charge in [0.25, 0.3) is 0 Å². The summed E-state index contributed by atoms with van der Waals surface area (Å²) >= 11 is 0. The van der Waals surface area contributed by atoms with Crippen LogP contribution in [0.25, 0.3) is 0 Å². The Balaban J connectivity index is 2.21. The summed E-state index contributed by atoms with van der Waals surface area (Å²) in [6.45, 7) is 0. The van der Waals surface area contributed by atoms with E-state index in [-0.39, 0.29) is 12.3 Å². The van der Waals surface area contributed by atoms with E-state index >= 15 is 0 Å². The van der Waals surface area contributed by atoms with E-state index < -0.39 is 0 Å². The van der Waals surface area contributed by atoms with Gasteiger partial charge in [-0.25, -0.2) is 0 Å². The molecule has 1 fully saturated rings. The summed E-state index contributed by atoms with van der Waals surface area (Å²) in [5.41, 5.74) is 5.24. The quantitative estimate of drug-likeness (QED) is 0.352. The van der Waals surface area contributed by atoms with E-state index in [2.05, 4.69) is 4.99 Å². The number of aliphatic imine (C=N–C) groups is 1. The van der Waals surface area contributed by atoms with Gasteiger partial charge in [0.05, 0.1) is 0 Å². The SMILES string of the molecule is C/N=C/C1OC1N. The lowest BCUT2D eigenvalue weighted by atomic mass is 10.5. The van der Waals surface area contributed by atoms with Crippen molar-refractivity contribution in [3.8, 4) is 0 Å². The molecule has 0 aromatic rings. The molecule has 3 heteroatoms. The first-order valence-corrected chi connectivity index (χ1v) is 2.18. The van der Waals surface area contributed by atoms with Crippen LogP contribution in [0, 0.1) is 0 Å². The van der Waals surface area contributed by atoms with Gasteiger partial charge in [-0.1, -0.05) is 0 Å². The van der Waals surface area contributed by atoms with Crippen molar-refractivity contribution >= 4 is 6.21 Å². The first kappa shape index (κ1) is 4.74. The maximum absolute atomic E-state index is 5.24. The summed E-state index contributed by atoms with van der Waals surface area (Å²) in [5, 5.41) is 0. The van der Waals surface area contributed by atoms with Crippen LogP contribution in [0.3, 0.4) is 0 Å². The van der Waals surface area contributed by atoms with Crippen molar-refractivity contribution in [2.75, 3.05) is 7.05 Å². The summed E-state index contributed by atoms with van der Waals surface area (Å²) in [5.74, 6) is 0. The molecule has 0 bridgehead atoms. The molecule has 2 atom stereocenters. The van der Waals surface area contributed by atoms with E-state index in [9.17, 15) is 0 Å². The number of ether oxygens (including phenoxy) is 1. The number of hydrogen-bond acceptors (Lipinski definition) is 3. The molecule has 2 N–H and O–H groups in total. The number of rotatable bonds is 1. The normalized spacial score (nSPS) is 39.7. The molecule has 0 aromatic heterocycles. The Labute approximate surface area is 42.2 Å². The van der Waals surface area contributed by atoms with Gasteiger partial charge in [0.2, 0.25) is 0 Å². The lowest BCUT2D eigenvalue weighted by Gasteiger charge is -1.69. The molecule has 1 aliphatic rings. The Morgan fingerprint density at radius 1 is 1.86 bits per heavy atom. The van der Waals surface area contributed by atoms with Crippen molar-refractivity contribution in [1.29, 1.82) is 0 Å². The molecule has 0 amide bonds. The molecule has 0 aliphatic carbocycles. The van der Waals surface area contributed by atoms with Crippen LogP contribution in [0.15, 0.2) is 4.99 Å². The van der Waals surface area contributed by atoms with Crippen LogP contribution in [0.4, 0.5) is 0 Å². The van der Waals surface area contributed by atoms with Gasteiger partial charge in [0.15, 0.2) is 0 Å². The lowest BCUT2D eigenvalue weighted by Crippen LogP contribution is -2.05. The Hall–Kier alpha value is -0.410. The fraction of sp³-hybridized carbons (Fsp3) is 0.750. The fourth-order valence-corrected chi connectivity index (χ4v) is 0.403. The van der Waals surface area contributed by atoms with Crippen LogP contribution in [0.5, 0.6) is 0 Å². The molecule has 0 spiro atoms. The van der Waals surface area contributed by atoms with Gasteiger partial charge in [-0.2, -0.15) is 0 Å². The highest BCUT2D eigenvalue weighted by atomic mass is 16.6. The highest BCUT2D eigenvalue weighted by Gasteiger charge is 2.32. The van der Waals surface area contributed by atoms with Crippen molar-refractivity contribution in [1.82, 2.24) is 0 Å². The molecule has 40 valence electrons. The number of epoxide rings is 1. The van der Waals surface area contributed by atoms with E-state index in [1.165, 1.54) is 0 Å². The molecule has 0 radical (unpaired) electrons. The minimum Gasteiger partial charge on any atom is -0.347 e. The van der Waals surface area contributed by atoms with Crippen LogP contribution in [-0.4, -0.2) is 25.6 Å². The second kappa shape index (κ2) is 1.60. The zero-order valence-corrected chi connectivity index (χ0v) is 4.16. The molecule has 7 heavy (non-hydrogen) atoms. The smallest absolute Gasteiger partial charge is 0.138 e. The van der Waals surface area contributed by atoms with Gasteiger partial charge in [-0.3, -0.25) is 4.99 Å². The predicted octanol–water partition coefficient (Wildman–Crippen LogP) is -0.629. The summed E-state index contributed by atoms with van der Waals surface area (Å²) < 4.78 is 4.79. The average Bonchev–Trinajstić information content (AvgIpc) is 2.22. The monoisotopic (exact) mass is 100 g/mol. The molecule has 1 saturated heterocycles. The topological polar surface area (TPSA) is 50.9 Å². The van der Waals surface area contributed by atoms with E-state index in [4.69, 9.17) is 10.5 Å². The molecule has 2 unspecified atom stereocenters. The standard InChI is InChI=1S/C4H8N2O/c1-6-2-3-4(5)7-3/h2-4H,5H2,1H3/b6-2+. The predicted molar refractivity (Wildman–Crippen MR) is 27.3 cm³/mol. The summed E-state index contributed by atoms with van der Waals surface area (Å²) in [6, 6.07) is 0. The Morgan fingerprint density at radius 2 is 2.43 bits per heavy atom. The first-order valence-electron chi connectivity index (χ1n) is 2.18. The largest absolute Gasteiger partial charge is 0.347 e. The third kappa shape index (κ3) is 0.976. The fourth-order valence-electron chi connectivity index (χ4n) is 0.403. The van der Waals surface area contributed by atoms with Crippen molar-refractivity contribution in [2.45, 2.75) is 12.3 Å². The third-order valence-electron chi connectivity index (χ3n) is 0.857. The third-order valence-corrected chi connectivity index (χ3v) is 0.857. The van der Waals surface area contributed by atoms with E-state index in [0.29, 0.717) is 0 Å². The van der Waals surface area contributed by atoms with Crippen LogP contribution >= 0.6 is 0 Å². The molecule has 1 aliphatic heterocycles. The summed E-state index contributed by atoms with van der Waals surface area (Å²) in [6.07, 6.45) is 1.72. The van der Waals surface area contributed by atoms with Gasteiger partial charge >= 0.3 is 0 Å². The van der Waals surface area contributed by atoms with Crippen LogP contribution < -0.4 is 5.73 Å². The molecular formula is C4H8N2O. The van der Waals surface area contributed by atoms with Gasteiger partial charge < -0.3 is 10.5 Å². The van der Waals surface area contributed by atoms with Crippen LogP contribution in [-0.2, 0) is 4.74 Å². The van der Waals surface area contributed by atoms with Crippen molar-refractivity contribution < 1.29 is 4.74 Å². The van der Waals surface area contributed by atoms with Crippen molar-refractivity contribution in [3.63, 3.8) is 0 Å². The second-order valence-corrected chi connectivity index (χ2v) is 1.47. The molecule has 0 saturated carbocycles. The Kier molecular flexibility index (Phi) is 1.08. The molecule has 0 aromatic carbocycles. The molecular weight excluding hydrogens is 92.1 g/mol. The van der Waals surface area contributed by atoms with E-state index in [1.807, 2.05) is 0 Å². The number of nitrogens with two attached hydrogens (primary N) is 1. The van der Waals surface area contributed by atoms with E-state index in [0.717, 1.165) is 0 Å². The highest BCUT2D eigenvalue weighted by molar-refractivity contribution is 5.66. The van der Waals surface area contributed by atoms with Crippen molar-refractivity contribution in [2.24, 2.45) is 10.7 Å². The van der Waals surface area contributed by atoms with E-state index in [1.54, 1.807) is 13.3 Å². The first-order chi connectivity index (χ1) is 3.34. The number of nitrogens with zero attached hydrogens (tertiary/aromatic N) is 1. The summed E-state index contributed by atoms with van der Waals surface area (Å²) in [4.78, 5) is 3.72.